The molecule has 0 saturated carbocycles. The fourth-order valence-corrected chi connectivity index (χ4v) is 9.97. The van der Waals surface area contributed by atoms with Crippen LogP contribution in [0.4, 0.5) is 0 Å². The SMILES string of the molecule is C=CCOC(=O)[C@H]1[C@@H]2SC3(CC2Br)C(C(=O)N(CC=C)Cn2nnc4ccccc42)N([C@@H](CC)CO)C(=O)[C@H]13. The summed E-state index contributed by atoms with van der Waals surface area (Å²) in [6, 6.07) is 6.04. The number of ether oxygens (including phenoxy) is 1. The number of benzene rings is 1. The number of aromatic nitrogens is 3. The molecule has 3 saturated heterocycles. The number of para-hydroxylation sites is 1. The minimum absolute atomic E-state index is 0.0485. The Hall–Kier alpha value is -2.70. The average molecular weight is 619 g/mol. The van der Waals surface area contributed by atoms with E-state index in [9.17, 15) is 19.5 Å². The highest BCUT2D eigenvalue weighted by molar-refractivity contribution is 9.09. The van der Waals surface area contributed by atoms with Crippen LogP contribution in [0.3, 0.4) is 0 Å². The van der Waals surface area contributed by atoms with Gasteiger partial charge in [-0.1, -0.05) is 58.9 Å². The molecule has 2 aromatic rings. The molecule has 0 radical (unpaired) electrons. The maximum absolute atomic E-state index is 14.6. The molecule has 1 spiro atoms. The van der Waals surface area contributed by atoms with Gasteiger partial charge in [0.15, 0.2) is 0 Å². The lowest BCUT2D eigenvalue weighted by molar-refractivity contribution is -0.153. The third-order valence-corrected chi connectivity index (χ3v) is 11.3. The Morgan fingerprint density at radius 2 is 2.13 bits per heavy atom. The Morgan fingerprint density at radius 3 is 2.82 bits per heavy atom. The van der Waals surface area contributed by atoms with Crippen LogP contribution in [0.15, 0.2) is 49.6 Å². The number of rotatable bonds is 11. The van der Waals surface area contributed by atoms with Gasteiger partial charge in [-0.15, -0.1) is 23.4 Å². The number of esters is 1. The minimum atomic E-state index is -0.880. The van der Waals surface area contributed by atoms with E-state index in [-0.39, 0.29) is 48.3 Å². The van der Waals surface area contributed by atoms with Crippen molar-refractivity contribution in [3.8, 4) is 0 Å². The molecule has 1 aromatic carbocycles. The van der Waals surface area contributed by atoms with Gasteiger partial charge in [0.2, 0.25) is 11.8 Å². The molecular weight excluding hydrogens is 586 g/mol. The molecule has 2 amide bonds. The van der Waals surface area contributed by atoms with Crippen molar-refractivity contribution in [2.75, 3.05) is 19.8 Å². The standard InChI is InChI=1S/C27H32BrN5O5S/c1-4-11-31(15-32-19-10-8-7-9-18(19)29-30-32)25(36)23-27-13-17(28)22(39-27)20(26(37)38-12-5-2)21(27)24(35)33(23)16(6-3)14-34/h4-5,7-10,16-17,20-23,34H,1-2,6,11-15H2,3H3/t16-,17?,20+,21-,22+,23?,27?/m0/s1. The van der Waals surface area contributed by atoms with Crippen molar-refractivity contribution >= 4 is 56.5 Å². The lowest BCUT2D eigenvalue weighted by Gasteiger charge is -2.39. The van der Waals surface area contributed by atoms with Crippen molar-refractivity contribution in [2.24, 2.45) is 11.8 Å². The number of halogens is 1. The number of aliphatic hydroxyl groups is 1. The Bertz CT molecular complexity index is 1300. The number of amides is 2. The zero-order valence-corrected chi connectivity index (χ0v) is 24.1. The molecule has 3 aliphatic rings. The van der Waals surface area contributed by atoms with Crippen molar-refractivity contribution in [3.05, 3.63) is 49.6 Å². The average Bonchev–Trinajstić information content (AvgIpc) is 3.65. The van der Waals surface area contributed by atoms with Gasteiger partial charge in [0, 0.05) is 16.6 Å². The van der Waals surface area contributed by atoms with Gasteiger partial charge in [-0.2, -0.15) is 0 Å². The first-order valence-corrected chi connectivity index (χ1v) is 14.8. The van der Waals surface area contributed by atoms with Gasteiger partial charge in [0.1, 0.15) is 24.8 Å². The van der Waals surface area contributed by atoms with Gasteiger partial charge in [0.05, 0.1) is 34.7 Å². The van der Waals surface area contributed by atoms with Crippen molar-refractivity contribution in [1.29, 1.82) is 0 Å². The largest absolute Gasteiger partial charge is 0.461 e. The van der Waals surface area contributed by atoms with Crippen LogP contribution in [0.5, 0.6) is 0 Å². The van der Waals surface area contributed by atoms with Crippen molar-refractivity contribution in [3.63, 3.8) is 0 Å². The second-order valence-electron chi connectivity index (χ2n) is 10.1. The summed E-state index contributed by atoms with van der Waals surface area (Å²) >= 11 is 5.27. The fraction of sp³-hybridized carbons (Fsp3) is 0.519. The van der Waals surface area contributed by atoms with Gasteiger partial charge in [0.25, 0.3) is 0 Å². The summed E-state index contributed by atoms with van der Waals surface area (Å²) in [5.74, 6) is -2.45. The van der Waals surface area contributed by atoms with Crippen LogP contribution >= 0.6 is 27.7 Å². The van der Waals surface area contributed by atoms with E-state index in [1.165, 1.54) is 17.8 Å². The molecule has 4 heterocycles. The normalized spacial score (nSPS) is 29.9. The van der Waals surface area contributed by atoms with Gasteiger partial charge in [-0.3, -0.25) is 14.4 Å². The van der Waals surface area contributed by atoms with Crippen LogP contribution in [0.1, 0.15) is 19.8 Å². The minimum Gasteiger partial charge on any atom is -0.461 e. The first kappa shape index (κ1) is 27.9. The topological polar surface area (TPSA) is 118 Å². The smallest absolute Gasteiger partial charge is 0.311 e. The second-order valence-corrected chi connectivity index (χ2v) is 12.9. The quantitative estimate of drug-likeness (QED) is 0.232. The Balaban J connectivity index is 1.56. The third-order valence-electron chi connectivity index (χ3n) is 8.04. The van der Waals surface area contributed by atoms with Crippen LogP contribution in [0.25, 0.3) is 11.0 Å². The number of nitrogens with zero attached hydrogens (tertiary/aromatic N) is 5. The third kappa shape index (κ3) is 4.40. The van der Waals surface area contributed by atoms with Crippen molar-refractivity contribution < 1.29 is 24.2 Å². The molecule has 1 N–H and O–H groups in total. The van der Waals surface area contributed by atoms with Crippen LogP contribution in [-0.4, -0.2) is 94.4 Å². The van der Waals surface area contributed by atoms with E-state index in [4.69, 9.17) is 4.74 Å². The van der Waals surface area contributed by atoms with E-state index in [0.29, 0.717) is 18.4 Å². The predicted octanol–water partition coefficient (Wildman–Crippen LogP) is 2.37. The highest BCUT2D eigenvalue weighted by Crippen LogP contribution is 2.68. The van der Waals surface area contributed by atoms with Crippen molar-refractivity contribution in [2.45, 2.75) is 53.3 Å². The number of likely N-dealkylation sites (tertiary alicyclic amines) is 1. The number of aliphatic hydroxyl groups excluding tert-OH is 1. The van der Waals surface area contributed by atoms with E-state index in [0.717, 1.165) is 5.52 Å². The first-order chi connectivity index (χ1) is 18.8. The summed E-state index contributed by atoms with van der Waals surface area (Å²) < 4.78 is 6.23. The maximum Gasteiger partial charge on any atom is 0.311 e. The molecule has 7 atom stereocenters. The molecule has 1 aromatic heterocycles. The Morgan fingerprint density at radius 1 is 1.36 bits per heavy atom. The van der Waals surface area contributed by atoms with Crippen LogP contribution < -0.4 is 0 Å². The monoisotopic (exact) mass is 617 g/mol. The summed E-state index contributed by atoms with van der Waals surface area (Å²) in [6.45, 7) is 9.43. The summed E-state index contributed by atoms with van der Waals surface area (Å²) in [4.78, 5) is 45.0. The van der Waals surface area contributed by atoms with Gasteiger partial charge >= 0.3 is 5.97 Å². The zero-order chi connectivity index (χ0) is 27.9. The van der Waals surface area contributed by atoms with Gasteiger partial charge in [-0.25, -0.2) is 4.68 Å². The first-order valence-electron chi connectivity index (χ1n) is 13.0. The number of hydrogen-bond donors (Lipinski definition) is 1. The van der Waals surface area contributed by atoms with Gasteiger partial charge in [-0.05, 0) is 25.0 Å². The summed E-state index contributed by atoms with van der Waals surface area (Å²) in [5, 5.41) is 18.5. The maximum atomic E-state index is 14.6. The zero-order valence-electron chi connectivity index (χ0n) is 21.7. The van der Waals surface area contributed by atoms with Crippen molar-refractivity contribution in [1.82, 2.24) is 24.8 Å². The molecule has 2 bridgehead atoms. The molecule has 0 aliphatic carbocycles. The number of alkyl halides is 1. The summed E-state index contributed by atoms with van der Waals surface area (Å²) in [6.07, 6.45) is 4.13. The van der Waals surface area contributed by atoms with Gasteiger partial charge < -0.3 is 19.6 Å². The van der Waals surface area contributed by atoms with Crippen LogP contribution in [-0.2, 0) is 25.8 Å². The predicted molar refractivity (Wildman–Crippen MR) is 151 cm³/mol. The Labute approximate surface area is 239 Å². The molecule has 10 nitrogen and oxygen atoms in total. The number of carbonyl (C=O) groups excluding carboxylic acids is 3. The van der Waals surface area contributed by atoms with E-state index in [1.54, 1.807) is 20.6 Å². The summed E-state index contributed by atoms with van der Waals surface area (Å²) in [7, 11) is 0. The lowest BCUT2D eigenvalue weighted by Crippen LogP contribution is -2.57. The molecule has 3 unspecified atom stereocenters. The Kier molecular flexibility index (Phi) is 7.89. The molecular formula is C27H32BrN5O5S. The van der Waals surface area contributed by atoms with E-state index in [2.05, 4.69) is 39.4 Å². The molecule has 39 heavy (non-hydrogen) atoms. The fourth-order valence-electron chi connectivity index (χ4n) is 6.39. The highest BCUT2D eigenvalue weighted by atomic mass is 79.9. The number of thioether (sulfide) groups is 1. The van der Waals surface area contributed by atoms with E-state index in [1.807, 2.05) is 31.2 Å². The molecule has 3 fully saturated rings. The second kappa shape index (κ2) is 11.1. The number of carbonyl (C=O) groups is 3. The lowest BCUT2D eigenvalue weighted by atomic mass is 9.71. The molecule has 5 rings (SSSR count). The van der Waals surface area contributed by atoms with Crippen LogP contribution in [0, 0.1) is 11.8 Å². The molecule has 3 aliphatic heterocycles. The summed E-state index contributed by atoms with van der Waals surface area (Å²) in [5.41, 5.74) is 1.48. The van der Waals surface area contributed by atoms with E-state index < -0.39 is 34.6 Å². The highest BCUT2D eigenvalue weighted by Gasteiger charge is 2.76. The van der Waals surface area contributed by atoms with Crippen LogP contribution in [0.2, 0.25) is 0 Å². The van der Waals surface area contributed by atoms with E-state index >= 15 is 0 Å². The molecule has 208 valence electrons. The number of hydrogen-bond acceptors (Lipinski definition) is 8. The molecule has 12 heteroatoms. The number of fused-ring (bicyclic) bond motifs is 2.